The zero-order valence-corrected chi connectivity index (χ0v) is 47.6. The predicted molar refractivity (Wildman–Crippen MR) is 271 cm³/mol. The monoisotopic (exact) mass is 1150 g/mol. The quantitative estimate of drug-likeness (QED) is 0.0366. The Morgan fingerprint density at radius 2 is 0.948 bits per heavy atom. The van der Waals surface area contributed by atoms with E-state index in [4.69, 9.17) is 66.3 Å². The minimum Gasteiger partial charge on any atom is -0.617 e. The van der Waals surface area contributed by atoms with Crippen molar-refractivity contribution in [1.82, 2.24) is 14.7 Å². The summed E-state index contributed by atoms with van der Waals surface area (Å²) in [6.07, 6.45) is -0.0445. The Morgan fingerprint density at radius 1 is 0.571 bits per heavy atom. The van der Waals surface area contributed by atoms with E-state index >= 15 is 0 Å². The van der Waals surface area contributed by atoms with Crippen LogP contribution >= 0.6 is 0 Å². The van der Waals surface area contributed by atoms with Gasteiger partial charge in [0.15, 0.2) is 11.5 Å². The zero-order valence-electron chi connectivity index (χ0n) is 46.4. The van der Waals surface area contributed by atoms with Gasteiger partial charge in [0.25, 0.3) is 5.97 Å². The molecular weight excluding hydrogens is 1060 g/mol. The van der Waals surface area contributed by atoms with Gasteiger partial charge in [-0.1, -0.05) is 12.8 Å². The molecule has 0 amide bonds. The molecule has 3 N–H and O–H groups in total. The van der Waals surface area contributed by atoms with Crippen LogP contribution in [0.5, 0.6) is 17.2 Å². The maximum Gasteiger partial charge on any atom is 0.317 e. The van der Waals surface area contributed by atoms with Crippen molar-refractivity contribution in [2.45, 2.75) is 85.7 Å². The molecule has 25 nitrogen and oxygen atoms in total. The van der Waals surface area contributed by atoms with Crippen molar-refractivity contribution in [3.63, 3.8) is 0 Å². The van der Waals surface area contributed by atoms with E-state index in [1.165, 1.54) is 11.4 Å². The Labute approximate surface area is 464 Å². The number of carboxylic acids is 3. The van der Waals surface area contributed by atoms with Gasteiger partial charge in [-0.15, -0.1) is 6.54 Å². The number of benzene rings is 1. The fourth-order valence-corrected chi connectivity index (χ4v) is 6.34. The molecule has 1 radical (unpaired) electrons. The SMILES string of the molecule is CC(C)(C)OCCOCCOCCOc1cc(COC(=O)CN([CH-]CN2CC(=O)O[C-]2CN(CC(=O)O)CC(=O)O)CC(=O)O)cc(OCCOCCOCCOC(C)(C)C)c1OCCOCCOCCOC(C)(C)C.[Mn]. The molecule has 0 bridgehead atoms. The van der Waals surface area contributed by atoms with Gasteiger partial charge in [0.1, 0.15) is 26.4 Å². The normalized spacial score (nSPS) is 13.5. The molecule has 1 saturated heterocycles. The van der Waals surface area contributed by atoms with E-state index in [-0.39, 0.29) is 123 Å². The van der Waals surface area contributed by atoms with E-state index in [0.29, 0.717) is 84.8 Å². The standard InChI is InChI=1S/C51H85N3O22.Mn/c1-49(2,3)73-27-21-66-15-12-63-18-24-69-40-30-39(38-72-46(61)36-52(33-43(55)56)10-11-54-37-47(62)76-42(54)32-53(34-44(57)58)35-45(59)60)31-41(70-25-19-64-13-16-67-22-28-74-50(4,5)6)48(40)71-26-20-65-14-17-68-23-29-75-51(7,8)9;/h10,30-31H,11-29,32-38H2,1-9H3,(H,55,56)(H,57,58)(H,59,60);/q-2;. The average molecular weight is 1150 g/mol. The van der Waals surface area contributed by atoms with E-state index in [0.717, 1.165) is 9.80 Å². The molecule has 0 saturated carbocycles. The molecule has 1 heterocycles. The maximum atomic E-state index is 13.4. The molecule has 1 fully saturated rings. The van der Waals surface area contributed by atoms with Crippen molar-refractivity contribution < 1.29 is 123 Å². The van der Waals surface area contributed by atoms with Crippen LogP contribution in [0.1, 0.15) is 67.9 Å². The third-order valence-electron chi connectivity index (χ3n) is 9.54. The Kier molecular flexibility index (Phi) is 36.3. The van der Waals surface area contributed by atoms with Crippen molar-refractivity contribution in [3.05, 3.63) is 30.5 Å². The average Bonchev–Trinajstić information content (AvgIpc) is 3.65. The predicted octanol–water partition coefficient (Wildman–Crippen LogP) is 2.78. The second-order valence-corrected chi connectivity index (χ2v) is 19.8. The van der Waals surface area contributed by atoms with Gasteiger partial charge in [-0.3, -0.25) is 30.5 Å². The summed E-state index contributed by atoms with van der Waals surface area (Å²) in [7, 11) is 0. The zero-order chi connectivity index (χ0) is 56.4. The molecule has 445 valence electrons. The minimum atomic E-state index is -1.30. The van der Waals surface area contributed by atoms with E-state index in [1.54, 1.807) is 12.1 Å². The number of carbonyl (C=O) groups is 5. The topological polar surface area (TPSA) is 285 Å². The number of nitrogens with zero attached hydrogens (tertiary/aromatic N) is 3. The first-order valence-electron chi connectivity index (χ1n) is 25.2. The van der Waals surface area contributed by atoms with Crippen LogP contribution in [0.2, 0.25) is 0 Å². The first kappa shape index (κ1) is 71.0. The first-order valence-corrected chi connectivity index (χ1v) is 25.2. The smallest absolute Gasteiger partial charge is 0.317 e. The van der Waals surface area contributed by atoms with Crippen molar-refractivity contribution in [1.29, 1.82) is 0 Å². The van der Waals surface area contributed by atoms with Crippen molar-refractivity contribution >= 4 is 29.8 Å². The van der Waals surface area contributed by atoms with Crippen LogP contribution < -0.4 is 14.2 Å². The van der Waals surface area contributed by atoms with Crippen molar-refractivity contribution in [3.8, 4) is 17.2 Å². The summed E-state index contributed by atoms with van der Waals surface area (Å²) < 4.78 is 80.6. The molecule has 1 aromatic carbocycles. The van der Waals surface area contributed by atoms with Crippen molar-refractivity contribution in [2.24, 2.45) is 0 Å². The third kappa shape index (κ3) is 38.3. The molecule has 1 aromatic rings. The Bertz CT molecular complexity index is 1760. The molecule has 0 aromatic heterocycles. The van der Waals surface area contributed by atoms with Crippen LogP contribution in [0.15, 0.2) is 12.1 Å². The number of rotatable bonds is 45. The largest absolute Gasteiger partial charge is 0.617 e. The molecule has 26 heteroatoms. The number of cyclic esters (lactones) is 1. The van der Waals surface area contributed by atoms with Gasteiger partial charge in [-0.2, -0.15) is 0 Å². The number of aliphatic carboxylic acids is 3. The number of esters is 2. The van der Waals surface area contributed by atoms with E-state index < -0.39 is 56.0 Å². The second kappa shape index (κ2) is 39.4. The van der Waals surface area contributed by atoms with Gasteiger partial charge < -0.3 is 96.3 Å². The molecule has 1 aliphatic rings. The molecular formula is C51H85MnN3O22-2. The second-order valence-electron chi connectivity index (χ2n) is 19.8. The number of hydrogen-bond donors (Lipinski definition) is 3. The van der Waals surface area contributed by atoms with Gasteiger partial charge in [-0.05, 0) is 80.0 Å². The molecule has 0 spiro atoms. The van der Waals surface area contributed by atoms with E-state index in [1.807, 2.05) is 62.3 Å². The summed E-state index contributed by atoms with van der Waals surface area (Å²) in [5, 5.41) is 28.2. The Hall–Kier alpha value is -3.99. The van der Waals surface area contributed by atoms with Gasteiger partial charge >= 0.3 is 23.9 Å². The molecule has 77 heavy (non-hydrogen) atoms. The van der Waals surface area contributed by atoms with Crippen LogP contribution in [0.3, 0.4) is 0 Å². The summed E-state index contributed by atoms with van der Waals surface area (Å²) >= 11 is 0. The third-order valence-corrected chi connectivity index (χ3v) is 9.54. The molecule has 2 rings (SSSR count). The minimum absolute atomic E-state index is 0. The van der Waals surface area contributed by atoms with Crippen molar-refractivity contribution in [2.75, 3.05) is 165 Å². The van der Waals surface area contributed by atoms with Gasteiger partial charge in [0, 0.05) is 17.1 Å². The van der Waals surface area contributed by atoms with Crippen LogP contribution in [0.25, 0.3) is 0 Å². The first-order chi connectivity index (χ1) is 35.9. The number of carboxylic acid groups (broad SMARTS) is 3. The number of hydrogen-bond acceptors (Lipinski definition) is 22. The van der Waals surface area contributed by atoms with E-state index in [2.05, 4.69) is 0 Å². The Morgan fingerprint density at radius 3 is 1.34 bits per heavy atom. The molecule has 0 aliphatic carbocycles. The van der Waals surface area contributed by atoms with Gasteiger partial charge in [0.2, 0.25) is 5.75 Å². The summed E-state index contributed by atoms with van der Waals surface area (Å²) in [5.41, 5.74) is -0.395. The molecule has 0 atom stereocenters. The van der Waals surface area contributed by atoms with Gasteiger partial charge in [-0.25, -0.2) is 0 Å². The fourth-order valence-electron chi connectivity index (χ4n) is 6.34. The number of ether oxygens (including phenoxy) is 14. The van der Waals surface area contributed by atoms with Gasteiger partial charge in [0.05, 0.1) is 149 Å². The van der Waals surface area contributed by atoms with E-state index in [9.17, 15) is 39.3 Å². The summed E-state index contributed by atoms with van der Waals surface area (Å²) in [6.45, 7) is 20.7. The molecule has 1 aliphatic heterocycles. The molecule has 0 unspecified atom stereocenters. The summed E-state index contributed by atoms with van der Waals surface area (Å²) in [6, 6.07) is 3.22. The van der Waals surface area contributed by atoms with Crippen LogP contribution in [0.4, 0.5) is 0 Å². The fraction of sp³-hybridized carbons (Fsp3) is 0.745. The summed E-state index contributed by atoms with van der Waals surface area (Å²) in [5.74, 6) is -4.69. The number of carbonyl (C=O) groups excluding carboxylic acids is 2. The van der Waals surface area contributed by atoms with Crippen LogP contribution in [-0.2, 0) is 99.8 Å². The Balaban J connectivity index is 0.0000296. The van der Waals surface area contributed by atoms with Crippen LogP contribution in [0, 0.1) is 12.8 Å². The van der Waals surface area contributed by atoms with Crippen LogP contribution in [-0.4, -0.2) is 241 Å². The summed E-state index contributed by atoms with van der Waals surface area (Å²) in [4.78, 5) is 63.8. The maximum absolute atomic E-state index is 13.4.